The van der Waals surface area contributed by atoms with Crippen LogP contribution in [-0.2, 0) is 28.5 Å². The molecule has 0 bridgehead atoms. The van der Waals surface area contributed by atoms with Gasteiger partial charge in [-0.2, -0.15) is 0 Å². The number of carbonyl (C=O) groups excluding carboxylic acids is 2. The molecule has 0 saturated carbocycles. The van der Waals surface area contributed by atoms with E-state index in [-0.39, 0.29) is 37.5 Å². The summed E-state index contributed by atoms with van der Waals surface area (Å²) >= 11 is 6.49. The Bertz CT molecular complexity index is 1090. The van der Waals surface area contributed by atoms with Gasteiger partial charge in [-0.15, -0.1) is 0 Å². The number of hydrogen-bond donors (Lipinski definition) is 6. The van der Waals surface area contributed by atoms with E-state index < -0.39 is 55.1 Å². The topological polar surface area (TPSA) is 176 Å². The van der Waals surface area contributed by atoms with E-state index in [1.165, 1.54) is 7.11 Å². The van der Waals surface area contributed by atoms with E-state index in [9.17, 15) is 30.0 Å². The van der Waals surface area contributed by atoms with Crippen LogP contribution in [0.25, 0.3) is 0 Å². The van der Waals surface area contributed by atoms with Gasteiger partial charge in [0.25, 0.3) is 0 Å². The molecule has 1 fully saturated rings. The van der Waals surface area contributed by atoms with Crippen LogP contribution in [0.3, 0.4) is 0 Å². The lowest BCUT2D eigenvalue weighted by molar-refractivity contribution is -0.236. The number of rotatable bonds is 11. The molecule has 216 valence electrons. The lowest BCUT2D eigenvalue weighted by Gasteiger charge is -2.40. The van der Waals surface area contributed by atoms with Gasteiger partial charge in [0.05, 0.1) is 56.3 Å². The predicted molar refractivity (Wildman–Crippen MR) is 138 cm³/mol. The van der Waals surface area contributed by atoms with E-state index in [1.807, 2.05) is 0 Å². The summed E-state index contributed by atoms with van der Waals surface area (Å²) in [6, 6.07) is 6.86. The Kier molecular flexibility index (Phi) is 11.3. The van der Waals surface area contributed by atoms with Crippen LogP contribution >= 0.6 is 11.6 Å². The summed E-state index contributed by atoms with van der Waals surface area (Å²) in [7, 11) is 1.25. The Morgan fingerprint density at radius 2 is 1.82 bits per heavy atom. The summed E-state index contributed by atoms with van der Waals surface area (Å²) in [5.41, 5.74) is 1.71. The predicted octanol–water partition coefficient (Wildman–Crippen LogP) is -0.303. The molecule has 39 heavy (non-hydrogen) atoms. The molecule has 0 aliphatic carbocycles. The number of methoxy groups -OCH3 is 1. The summed E-state index contributed by atoms with van der Waals surface area (Å²) in [4.78, 5) is 26.0. The third-order valence-corrected chi connectivity index (χ3v) is 6.84. The lowest BCUT2D eigenvalue weighted by Crippen LogP contribution is -2.62. The lowest BCUT2D eigenvalue weighted by atomic mass is 9.80. The summed E-state index contributed by atoms with van der Waals surface area (Å²) < 4.78 is 21.5. The molecule has 2 unspecified atom stereocenters. The molecule has 6 atom stereocenters. The number of ether oxygens (including phenoxy) is 4. The van der Waals surface area contributed by atoms with Gasteiger partial charge < -0.3 is 44.7 Å². The van der Waals surface area contributed by atoms with Crippen molar-refractivity contribution < 1.29 is 49.0 Å². The van der Waals surface area contributed by atoms with E-state index in [0.29, 0.717) is 22.0 Å². The molecule has 1 aromatic rings. The highest BCUT2D eigenvalue weighted by Gasteiger charge is 2.43. The number of hydrogen-bond acceptors (Lipinski definition) is 12. The second-order valence-corrected chi connectivity index (χ2v) is 9.39. The van der Waals surface area contributed by atoms with Crippen molar-refractivity contribution in [1.82, 2.24) is 10.6 Å². The highest BCUT2D eigenvalue weighted by Crippen LogP contribution is 2.41. The second-order valence-electron chi connectivity index (χ2n) is 8.98. The Balaban J connectivity index is 1.80. The maximum atomic E-state index is 13.2. The van der Waals surface area contributed by atoms with Crippen LogP contribution in [-0.4, -0.2) is 103 Å². The van der Waals surface area contributed by atoms with Crippen molar-refractivity contribution in [3.8, 4) is 0 Å². The number of aliphatic hydroxyl groups is 4. The monoisotopic (exact) mass is 570 g/mol. The van der Waals surface area contributed by atoms with Gasteiger partial charge >= 0.3 is 11.9 Å². The fourth-order valence-corrected chi connectivity index (χ4v) is 4.82. The SMILES string of the molecule is CCOC(=O)C1=C(COCCNC2O[C@H](CO)[C@@H](O)[C@H](O)[C@H]2O)NC(C)=C(C(=O)OC)C1c1ccccc1Cl. The summed E-state index contributed by atoms with van der Waals surface area (Å²) in [6.45, 7) is 3.08. The quantitative estimate of drug-likeness (QED) is 0.151. The van der Waals surface area contributed by atoms with Gasteiger partial charge in [0.1, 0.15) is 30.6 Å². The Morgan fingerprint density at radius 1 is 1.10 bits per heavy atom. The van der Waals surface area contributed by atoms with Gasteiger partial charge in [0.2, 0.25) is 0 Å². The number of dihydropyridines is 1. The number of aliphatic hydroxyl groups excluding tert-OH is 4. The largest absolute Gasteiger partial charge is 0.466 e. The Morgan fingerprint density at radius 3 is 2.46 bits per heavy atom. The van der Waals surface area contributed by atoms with Crippen molar-refractivity contribution in [2.75, 3.05) is 40.1 Å². The molecule has 1 aromatic carbocycles. The number of esters is 2. The van der Waals surface area contributed by atoms with Gasteiger partial charge in [-0.25, -0.2) is 9.59 Å². The molecule has 0 spiro atoms. The number of nitrogens with one attached hydrogen (secondary N) is 2. The van der Waals surface area contributed by atoms with Gasteiger partial charge in [-0.3, -0.25) is 5.32 Å². The minimum absolute atomic E-state index is 0.0722. The van der Waals surface area contributed by atoms with Crippen molar-refractivity contribution in [3.05, 3.63) is 57.4 Å². The van der Waals surface area contributed by atoms with Gasteiger partial charge in [-0.1, -0.05) is 29.8 Å². The molecule has 2 aliphatic rings. The van der Waals surface area contributed by atoms with Crippen LogP contribution in [0, 0.1) is 0 Å². The molecule has 12 nitrogen and oxygen atoms in total. The maximum Gasteiger partial charge on any atom is 0.336 e. The average molecular weight is 571 g/mol. The zero-order valence-electron chi connectivity index (χ0n) is 21.9. The number of carbonyl (C=O) groups is 2. The van der Waals surface area contributed by atoms with E-state index in [0.717, 1.165) is 0 Å². The van der Waals surface area contributed by atoms with Gasteiger partial charge in [0, 0.05) is 17.3 Å². The zero-order valence-corrected chi connectivity index (χ0v) is 22.7. The Hall–Kier alpha value is -2.55. The molecule has 2 aliphatic heterocycles. The van der Waals surface area contributed by atoms with Crippen molar-refractivity contribution >= 4 is 23.5 Å². The first-order valence-corrected chi connectivity index (χ1v) is 12.9. The fraction of sp³-hybridized carbons (Fsp3) is 0.538. The molecule has 0 radical (unpaired) electrons. The average Bonchev–Trinajstić information content (AvgIpc) is 2.92. The smallest absolute Gasteiger partial charge is 0.336 e. The third kappa shape index (κ3) is 6.97. The summed E-state index contributed by atoms with van der Waals surface area (Å²) in [6.07, 6.45) is -6.47. The van der Waals surface area contributed by atoms with E-state index in [2.05, 4.69) is 10.6 Å². The normalized spacial score (nSPS) is 27.3. The van der Waals surface area contributed by atoms with E-state index in [1.54, 1.807) is 38.1 Å². The Labute approximate surface area is 231 Å². The van der Waals surface area contributed by atoms with E-state index in [4.69, 9.17) is 30.5 Å². The van der Waals surface area contributed by atoms with Crippen LogP contribution in [0.4, 0.5) is 0 Å². The van der Waals surface area contributed by atoms with Crippen LogP contribution in [0.15, 0.2) is 46.8 Å². The molecule has 1 saturated heterocycles. The van der Waals surface area contributed by atoms with Crippen LogP contribution < -0.4 is 10.6 Å². The second kappa shape index (κ2) is 14.2. The van der Waals surface area contributed by atoms with Gasteiger partial charge in [-0.05, 0) is 25.5 Å². The molecule has 13 heteroatoms. The summed E-state index contributed by atoms with van der Waals surface area (Å²) in [5.74, 6) is -2.16. The summed E-state index contributed by atoms with van der Waals surface area (Å²) in [5, 5.41) is 45.6. The molecule has 0 amide bonds. The highest BCUT2D eigenvalue weighted by molar-refractivity contribution is 6.31. The molecule has 2 heterocycles. The van der Waals surface area contributed by atoms with Crippen molar-refractivity contribution in [2.24, 2.45) is 0 Å². The minimum Gasteiger partial charge on any atom is -0.466 e. The molecular weight excluding hydrogens is 536 g/mol. The van der Waals surface area contributed by atoms with Crippen molar-refractivity contribution in [1.29, 1.82) is 0 Å². The first-order valence-electron chi connectivity index (χ1n) is 12.5. The van der Waals surface area contributed by atoms with Crippen molar-refractivity contribution in [2.45, 2.75) is 50.4 Å². The maximum absolute atomic E-state index is 13.2. The minimum atomic E-state index is -1.50. The first-order chi connectivity index (χ1) is 18.7. The van der Waals surface area contributed by atoms with Crippen LogP contribution in [0.1, 0.15) is 25.3 Å². The molecule has 0 aromatic heterocycles. The standard InChI is InChI=1S/C26H35ClN2O10/c1-4-38-26(35)20-16(12-37-10-9-28-24-23(33)22(32)21(31)17(11-30)39-24)29-13(2)18(25(34)36-3)19(20)14-7-5-6-8-15(14)27/h5-8,17,19,21-24,28-33H,4,9-12H2,1-3H3/t17-,19?,21-,22+,23-,24?/m1/s1. The van der Waals surface area contributed by atoms with E-state index >= 15 is 0 Å². The fourth-order valence-electron chi connectivity index (χ4n) is 4.58. The first kappa shape index (κ1) is 31.0. The number of benzene rings is 1. The van der Waals surface area contributed by atoms with Crippen LogP contribution in [0.2, 0.25) is 5.02 Å². The highest BCUT2D eigenvalue weighted by atomic mass is 35.5. The number of halogens is 1. The molecule has 3 rings (SSSR count). The molecule has 6 N–H and O–H groups in total. The van der Waals surface area contributed by atoms with Crippen LogP contribution in [0.5, 0.6) is 0 Å². The zero-order chi connectivity index (χ0) is 28.7. The van der Waals surface area contributed by atoms with Gasteiger partial charge in [0.15, 0.2) is 0 Å². The number of allylic oxidation sites excluding steroid dienone is 1. The third-order valence-electron chi connectivity index (χ3n) is 6.49. The molecular formula is C26H35ClN2O10. The van der Waals surface area contributed by atoms with Crippen molar-refractivity contribution in [3.63, 3.8) is 0 Å².